The van der Waals surface area contributed by atoms with Gasteiger partial charge in [0.05, 0.1) is 18.8 Å². The summed E-state index contributed by atoms with van der Waals surface area (Å²) in [4.78, 5) is 14.4. The number of nitrogens with one attached hydrogen (secondary N) is 1. The summed E-state index contributed by atoms with van der Waals surface area (Å²) < 4.78 is 18.4. The Bertz CT molecular complexity index is 1380. The van der Waals surface area contributed by atoms with Crippen molar-refractivity contribution in [3.8, 4) is 11.1 Å². The molecule has 1 saturated heterocycles. The van der Waals surface area contributed by atoms with E-state index in [0.717, 1.165) is 52.9 Å². The van der Waals surface area contributed by atoms with Crippen molar-refractivity contribution in [2.75, 3.05) is 19.7 Å². The first-order chi connectivity index (χ1) is 21.6. The van der Waals surface area contributed by atoms with Crippen LogP contribution in [0.1, 0.15) is 66.8 Å². The zero-order valence-electron chi connectivity index (χ0n) is 25.4. The Hall–Kier alpha value is -3.75. The lowest BCUT2D eigenvalue weighted by Crippen LogP contribution is -2.43. The molecule has 1 aliphatic carbocycles. The number of carbonyl (C=O) groups excluding carboxylic acids is 1. The molecular formula is C37H44N2O5. The van der Waals surface area contributed by atoms with Crippen LogP contribution < -0.4 is 5.32 Å². The highest BCUT2D eigenvalue weighted by Crippen LogP contribution is 2.39. The Labute approximate surface area is 261 Å². The molecule has 3 aromatic carbocycles. The summed E-state index contributed by atoms with van der Waals surface area (Å²) in [5.41, 5.74) is 5.96. The van der Waals surface area contributed by atoms with Crippen LogP contribution in [0.4, 0.5) is 4.79 Å². The van der Waals surface area contributed by atoms with Crippen molar-refractivity contribution in [1.29, 1.82) is 0 Å². The fourth-order valence-corrected chi connectivity index (χ4v) is 6.19. The quantitative estimate of drug-likeness (QED) is 0.203. The molecule has 1 amide bonds. The summed E-state index contributed by atoms with van der Waals surface area (Å²) in [7, 11) is 0. The number of nitrogens with zero attached hydrogens (tertiary/aromatic N) is 1. The molecular weight excluding hydrogens is 552 g/mol. The summed E-state index contributed by atoms with van der Waals surface area (Å²) in [6, 6.07) is 25.0. The highest BCUT2D eigenvalue weighted by Gasteiger charge is 2.34. The van der Waals surface area contributed by atoms with Crippen molar-refractivity contribution in [2.45, 2.75) is 69.8 Å². The van der Waals surface area contributed by atoms with Crippen LogP contribution in [0, 0.1) is 0 Å². The van der Waals surface area contributed by atoms with E-state index in [4.69, 9.17) is 14.2 Å². The molecule has 3 aromatic rings. The Kier molecular flexibility index (Phi) is 11.4. The fraction of sp³-hybridized carbons (Fsp3) is 0.378. The average molecular weight is 597 g/mol. The number of hydrogen-bond acceptors (Lipinski definition) is 6. The van der Waals surface area contributed by atoms with Gasteiger partial charge in [0.15, 0.2) is 6.29 Å². The van der Waals surface area contributed by atoms with E-state index in [0.29, 0.717) is 12.6 Å². The van der Waals surface area contributed by atoms with Gasteiger partial charge in [-0.25, -0.2) is 4.79 Å². The molecule has 1 heterocycles. The van der Waals surface area contributed by atoms with Crippen LogP contribution in [0.25, 0.3) is 11.1 Å². The van der Waals surface area contributed by atoms with Crippen LogP contribution >= 0.6 is 0 Å². The molecule has 2 N–H and O–H groups in total. The normalized spacial score (nSPS) is 20.4. The van der Waals surface area contributed by atoms with Gasteiger partial charge in [-0.2, -0.15) is 0 Å². The van der Waals surface area contributed by atoms with Crippen molar-refractivity contribution in [3.05, 3.63) is 120 Å². The van der Waals surface area contributed by atoms with Gasteiger partial charge in [0.25, 0.3) is 0 Å². The molecule has 0 spiro atoms. The van der Waals surface area contributed by atoms with Crippen LogP contribution in [0.15, 0.2) is 98.1 Å². The van der Waals surface area contributed by atoms with Crippen LogP contribution in [0.3, 0.4) is 0 Å². The summed E-state index contributed by atoms with van der Waals surface area (Å²) in [5, 5.41) is 12.3. The summed E-state index contributed by atoms with van der Waals surface area (Å²) >= 11 is 0. The van der Waals surface area contributed by atoms with Gasteiger partial charge in [-0.15, -0.1) is 6.58 Å². The van der Waals surface area contributed by atoms with Crippen molar-refractivity contribution < 1.29 is 24.1 Å². The smallest absolute Gasteiger partial charge is 0.407 e. The maximum Gasteiger partial charge on any atom is 0.407 e. The number of aliphatic hydroxyl groups excluding tert-OH is 1. The van der Waals surface area contributed by atoms with Crippen molar-refractivity contribution in [3.63, 3.8) is 0 Å². The predicted octanol–water partition coefficient (Wildman–Crippen LogP) is 7.23. The summed E-state index contributed by atoms with van der Waals surface area (Å²) in [6.07, 6.45) is 8.12. The van der Waals surface area contributed by atoms with Crippen LogP contribution in [-0.2, 0) is 27.4 Å². The number of aliphatic hydroxyl groups is 1. The van der Waals surface area contributed by atoms with Crippen LogP contribution in [-0.4, -0.2) is 47.9 Å². The largest absolute Gasteiger partial charge is 0.445 e. The third-order valence-corrected chi connectivity index (χ3v) is 8.45. The van der Waals surface area contributed by atoms with E-state index in [9.17, 15) is 9.90 Å². The van der Waals surface area contributed by atoms with Gasteiger partial charge in [-0.05, 0) is 52.8 Å². The Morgan fingerprint density at radius 2 is 1.68 bits per heavy atom. The van der Waals surface area contributed by atoms with Gasteiger partial charge in [0, 0.05) is 37.7 Å². The second-order valence-electron chi connectivity index (χ2n) is 11.6. The van der Waals surface area contributed by atoms with Crippen LogP contribution in [0.5, 0.6) is 0 Å². The maximum absolute atomic E-state index is 11.9. The molecule has 0 unspecified atom stereocenters. The maximum atomic E-state index is 11.9. The second-order valence-corrected chi connectivity index (χ2v) is 11.6. The zero-order valence-corrected chi connectivity index (χ0v) is 25.4. The lowest BCUT2D eigenvalue weighted by molar-refractivity contribution is -0.253. The molecule has 1 aliphatic heterocycles. The number of benzene rings is 3. The average Bonchev–Trinajstić information content (AvgIpc) is 3.62. The van der Waals surface area contributed by atoms with Gasteiger partial charge in [-0.1, -0.05) is 92.2 Å². The lowest BCUT2D eigenvalue weighted by Gasteiger charge is -2.39. The highest BCUT2D eigenvalue weighted by molar-refractivity contribution is 5.68. The number of amides is 1. The summed E-state index contributed by atoms with van der Waals surface area (Å²) in [5.74, 6) is 0. The minimum Gasteiger partial charge on any atom is -0.445 e. The molecule has 44 heavy (non-hydrogen) atoms. The van der Waals surface area contributed by atoms with Crippen LogP contribution in [0.2, 0.25) is 0 Å². The van der Waals surface area contributed by atoms with E-state index < -0.39 is 12.4 Å². The van der Waals surface area contributed by atoms with Crippen molar-refractivity contribution >= 4 is 6.09 Å². The molecule has 232 valence electrons. The van der Waals surface area contributed by atoms with E-state index in [-0.39, 0.29) is 25.4 Å². The van der Waals surface area contributed by atoms with Crippen molar-refractivity contribution in [2.24, 2.45) is 0 Å². The molecule has 0 bridgehead atoms. The topological polar surface area (TPSA) is 80.3 Å². The minimum absolute atomic E-state index is 0.0154. The van der Waals surface area contributed by atoms with E-state index >= 15 is 0 Å². The Morgan fingerprint density at radius 1 is 0.932 bits per heavy atom. The third kappa shape index (κ3) is 8.45. The fourth-order valence-electron chi connectivity index (χ4n) is 6.19. The first-order valence-corrected chi connectivity index (χ1v) is 15.6. The van der Waals surface area contributed by atoms with Crippen molar-refractivity contribution in [1.82, 2.24) is 10.2 Å². The van der Waals surface area contributed by atoms with Gasteiger partial charge in [-0.3, -0.25) is 4.90 Å². The van der Waals surface area contributed by atoms with Gasteiger partial charge in [0.2, 0.25) is 0 Å². The molecule has 7 heteroatoms. The molecule has 5 rings (SSSR count). The monoisotopic (exact) mass is 596 g/mol. The third-order valence-electron chi connectivity index (χ3n) is 8.45. The highest BCUT2D eigenvalue weighted by atomic mass is 16.7. The van der Waals surface area contributed by atoms with E-state index in [1.807, 2.05) is 36.4 Å². The zero-order chi connectivity index (χ0) is 30.7. The number of carbonyl (C=O) groups is 1. The molecule has 2 fully saturated rings. The van der Waals surface area contributed by atoms with Gasteiger partial charge >= 0.3 is 6.09 Å². The van der Waals surface area contributed by atoms with Gasteiger partial charge in [0.1, 0.15) is 6.61 Å². The molecule has 1 saturated carbocycles. The van der Waals surface area contributed by atoms with E-state index in [1.54, 1.807) is 0 Å². The number of rotatable bonds is 13. The van der Waals surface area contributed by atoms with E-state index in [1.165, 1.54) is 31.8 Å². The first-order valence-electron chi connectivity index (χ1n) is 15.6. The number of ether oxygens (including phenoxy) is 3. The predicted molar refractivity (Wildman–Crippen MR) is 173 cm³/mol. The standard InChI is InChI=1S/C37H44N2O5/c1-3-19-39(33-13-5-6-14-33)25-34-23-35(29-17-15-27(26-40)16-18-29)44-36(43-34)32-12-8-11-31(22-32)30-10-7-9-28(21-30)24-38-37(41)42-20-4-2/h3-4,7-12,15-18,21-22,33-36,40H,1-2,5-6,13-14,19-20,23-26H2,(H,38,41)/t34-,35+,36+/m0/s1. The molecule has 0 aromatic heterocycles. The van der Waals surface area contributed by atoms with E-state index in [2.05, 4.69) is 65.8 Å². The molecule has 3 atom stereocenters. The second kappa shape index (κ2) is 15.8. The molecule has 2 aliphatic rings. The number of hydrogen-bond donors (Lipinski definition) is 2. The summed E-state index contributed by atoms with van der Waals surface area (Å²) in [6.45, 7) is 9.81. The minimum atomic E-state index is -0.533. The number of alkyl carbamates (subject to hydrolysis) is 1. The first kappa shape index (κ1) is 31.7. The SMILES string of the molecule is C=CCOC(=O)NCc1cccc(-c2cccc([C@@H]3O[C@H](CN(CC=C)C4CCCC4)C[C@H](c4ccc(CO)cc4)O3)c2)c1. The lowest BCUT2D eigenvalue weighted by atomic mass is 9.98. The molecule has 0 radical (unpaired) electrons. The van der Waals surface area contributed by atoms with Gasteiger partial charge < -0.3 is 24.6 Å². The molecule has 7 nitrogen and oxygen atoms in total. The Morgan fingerprint density at radius 3 is 2.41 bits per heavy atom. The Balaban J connectivity index is 1.36.